The third kappa shape index (κ3) is 2.30. The van der Waals surface area contributed by atoms with E-state index in [2.05, 4.69) is 4.90 Å². The fourth-order valence-electron chi connectivity index (χ4n) is 2.87. The number of rotatable bonds is 2. The molecule has 2 fully saturated rings. The average molecular weight is 215 g/mol. The summed E-state index contributed by atoms with van der Waals surface area (Å²) >= 11 is 0. The molecule has 3 nitrogen and oxygen atoms in total. The van der Waals surface area contributed by atoms with Crippen LogP contribution in [0.1, 0.15) is 32.1 Å². The maximum Gasteiger partial charge on any atom is 0.308 e. The first-order chi connectivity index (χ1) is 7.18. The number of carboxylic acids is 1. The van der Waals surface area contributed by atoms with E-state index in [0.29, 0.717) is 12.8 Å². The van der Waals surface area contributed by atoms with Crippen LogP contribution in [0, 0.1) is 5.92 Å². The summed E-state index contributed by atoms with van der Waals surface area (Å²) in [6, 6.07) is 0.162. The van der Waals surface area contributed by atoms with Gasteiger partial charge in [0.05, 0.1) is 5.92 Å². The Morgan fingerprint density at radius 3 is 2.47 bits per heavy atom. The number of nitrogens with zero attached hydrogens (tertiary/aromatic N) is 1. The molecule has 1 aliphatic carbocycles. The number of aliphatic carboxylic acids is 1. The molecular weight excluding hydrogens is 197 g/mol. The van der Waals surface area contributed by atoms with Crippen LogP contribution < -0.4 is 0 Å². The van der Waals surface area contributed by atoms with Gasteiger partial charge in [-0.25, -0.2) is 4.39 Å². The van der Waals surface area contributed by atoms with Gasteiger partial charge in [0.2, 0.25) is 0 Å². The molecule has 1 N–H and O–H groups in total. The lowest BCUT2D eigenvalue weighted by Gasteiger charge is -2.35. The second-order valence-electron chi connectivity index (χ2n) is 4.65. The number of hydrogen-bond donors (Lipinski definition) is 1. The zero-order valence-electron chi connectivity index (χ0n) is 8.86. The first-order valence-corrected chi connectivity index (χ1v) is 5.79. The van der Waals surface area contributed by atoms with Gasteiger partial charge in [-0.3, -0.25) is 9.69 Å². The average Bonchev–Trinajstić information content (AvgIpc) is 2.67. The Balaban J connectivity index is 1.94. The molecule has 86 valence electrons. The lowest BCUT2D eigenvalue weighted by molar-refractivity contribution is -0.143. The molecule has 0 aromatic rings. The molecule has 2 rings (SSSR count). The predicted octanol–water partition coefficient (Wildman–Crippen LogP) is 1.67. The number of halogens is 1. The minimum absolute atomic E-state index is 0.162. The maximum atomic E-state index is 13.0. The largest absolute Gasteiger partial charge is 0.481 e. The molecule has 2 aliphatic rings. The molecule has 1 saturated heterocycles. The fourth-order valence-corrected chi connectivity index (χ4v) is 2.87. The SMILES string of the molecule is O=C(O)C1CCCC1N1CCC(F)CC1. The molecule has 1 heterocycles. The molecule has 0 radical (unpaired) electrons. The summed E-state index contributed by atoms with van der Waals surface area (Å²) in [5.74, 6) is -0.902. The van der Waals surface area contributed by atoms with Gasteiger partial charge in [-0.2, -0.15) is 0 Å². The van der Waals surface area contributed by atoms with Crippen molar-refractivity contribution in [1.82, 2.24) is 4.90 Å². The highest BCUT2D eigenvalue weighted by Gasteiger charge is 2.37. The zero-order valence-corrected chi connectivity index (χ0v) is 8.86. The van der Waals surface area contributed by atoms with E-state index < -0.39 is 12.1 Å². The molecular formula is C11H18FNO2. The van der Waals surface area contributed by atoms with Crippen LogP contribution in [0.15, 0.2) is 0 Å². The van der Waals surface area contributed by atoms with E-state index in [4.69, 9.17) is 5.11 Å². The number of piperidine rings is 1. The van der Waals surface area contributed by atoms with Gasteiger partial charge in [0, 0.05) is 19.1 Å². The number of alkyl halides is 1. The Hall–Kier alpha value is -0.640. The third-order valence-corrected chi connectivity index (χ3v) is 3.72. The highest BCUT2D eigenvalue weighted by molar-refractivity contribution is 5.71. The van der Waals surface area contributed by atoms with Gasteiger partial charge in [-0.05, 0) is 25.7 Å². The van der Waals surface area contributed by atoms with Crippen LogP contribution in [0.4, 0.5) is 4.39 Å². The standard InChI is InChI=1S/C11H18FNO2/c12-8-4-6-13(7-5-8)10-3-1-2-9(10)11(14)15/h8-10H,1-7H2,(H,14,15). The van der Waals surface area contributed by atoms with Crippen molar-refractivity contribution in [3.05, 3.63) is 0 Å². The van der Waals surface area contributed by atoms with E-state index >= 15 is 0 Å². The highest BCUT2D eigenvalue weighted by Crippen LogP contribution is 2.32. The van der Waals surface area contributed by atoms with Crippen LogP contribution in [-0.4, -0.2) is 41.3 Å². The zero-order chi connectivity index (χ0) is 10.8. The molecule has 1 aliphatic heterocycles. The van der Waals surface area contributed by atoms with Gasteiger partial charge in [-0.1, -0.05) is 6.42 Å². The molecule has 0 bridgehead atoms. The fraction of sp³-hybridized carbons (Fsp3) is 0.909. The van der Waals surface area contributed by atoms with E-state index in [9.17, 15) is 9.18 Å². The lowest BCUT2D eigenvalue weighted by atomic mass is 9.99. The van der Waals surface area contributed by atoms with Crippen LogP contribution in [0.2, 0.25) is 0 Å². The number of hydrogen-bond acceptors (Lipinski definition) is 2. The molecule has 0 aromatic carbocycles. The maximum absolute atomic E-state index is 13.0. The molecule has 0 aromatic heterocycles. The van der Waals surface area contributed by atoms with Gasteiger partial charge in [0.25, 0.3) is 0 Å². The van der Waals surface area contributed by atoms with Gasteiger partial charge in [0.15, 0.2) is 0 Å². The molecule has 1 saturated carbocycles. The topological polar surface area (TPSA) is 40.5 Å². The van der Waals surface area contributed by atoms with E-state index in [0.717, 1.165) is 32.4 Å². The van der Waals surface area contributed by atoms with Crippen LogP contribution in [0.3, 0.4) is 0 Å². The van der Waals surface area contributed by atoms with Crippen molar-refractivity contribution >= 4 is 5.97 Å². The second-order valence-corrected chi connectivity index (χ2v) is 4.65. The van der Waals surface area contributed by atoms with Gasteiger partial charge >= 0.3 is 5.97 Å². The Labute approximate surface area is 89.3 Å². The summed E-state index contributed by atoms with van der Waals surface area (Å²) in [7, 11) is 0. The minimum Gasteiger partial charge on any atom is -0.481 e. The molecule has 15 heavy (non-hydrogen) atoms. The van der Waals surface area contributed by atoms with Gasteiger partial charge in [0.1, 0.15) is 6.17 Å². The third-order valence-electron chi connectivity index (χ3n) is 3.72. The smallest absolute Gasteiger partial charge is 0.308 e. The summed E-state index contributed by atoms with van der Waals surface area (Å²) in [6.45, 7) is 1.46. The first-order valence-electron chi connectivity index (χ1n) is 5.79. The number of likely N-dealkylation sites (tertiary alicyclic amines) is 1. The Morgan fingerprint density at radius 1 is 1.20 bits per heavy atom. The molecule has 4 heteroatoms. The van der Waals surface area contributed by atoms with E-state index in [-0.39, 0.29) is 12.0 Å². The monoisotopic (exact) mass is 215 g/mol. The molecule has 0 spiro atoms. The summed E-state index contributed by atoms with van der Waals surface area (Å²) in [6.07, 6.45) is 3.22. The van der Waals surface area contributed by atoms with Crippen LogP contribution in [0.25, 0.3) is 0 Å². The van der Waals surface area contributed by atoms with Gasteiger partial charge in [-0.15, -0.1) is 0 Å². The van der Waals surface area contributed by atoms with Crippen molar-refractivity contribution < 1.29 is 14.3 Å². The Bertz CT molecular complexity index is 239. The highest BCUT2D eigenvalue weighted by atomic mass is 19.1. The summed E-state index contributed by atoms with van der Waals surface area (Å²) in [5, 5.41) is 9.07. The lowest BCUT2D eigenvalue weighted by Crippen LogP contribution is -2.45. The van der Waals surface area contributed by atoms with Crippen molar-refractivity contribution in [3.63, 3.8) is 0 Å². The van der Waals surface area contributed by atoms with Crippen LogP contribution >= 0.6 is 0 Å². The molecule has 0 amide bonds. The number of carbonyl (C=O) groups is 1. The van der Waals surface area contributed by atoms with Crippen molar-refractivity contribution in [3.8, 4) is 0 Å². The summed E-state index contributed by atoms with van der Waals surface area (Å²) in [4.78, 5) is 13.2. The first kappa shape index (κ1) is 10.9. The van der Waals surface area contributed by atoms with Crippen LogP contribution in [-0.2, 0) is 4.79 Å². The molecule has 2 unspecified atom stereocenters. The Kier molecular flexibility index (Phi) is 3.24. The number of carboxylic acid groups (broad SMARTS) is 1. The summed E-state index contributed by atoms with van der Waals surface area (Å²) < 4.78 is 13.0. The van der Waals surface area contributed by atoms with E-state index in [1.165, 1.54) is 0 Å². The van der Waals surface area contributed by atoms with E-state index in [1.807, 2.05) is 0 Å². The van der Waals surface area contributed by atoms with Crippen molar-refractivity contribution in [2.75, 3.05) is 13.1 Å². The quantitative estimate of drug-likeness (QED) is 0.761. The van der Waals surface area contributed by atoms with Crippen LogP contribution in [0.5, 0.6) is 0 Å². The minimum atomic E-state index is -0.681. The van der Waals surface area contributed by atoms with Crippen molar-refractivity contribution in [2.45, 2.75) is 44.3 Å². The van der Waals surface area contributed by atoms with Crippen molar-refractivity contribution in [1.29, 1.82) is 0 Å². The Morgan fingerprint density at radius 2 is 1.87 bits per heavy atom. The van der Waals surface area contributed by atoms with Crippen molar-refractivity contribution in [2.24, 2.45) is 5.92 Å². The van der Waals surface area contributed by atoms with Gasteiger partial charge < -0.3 is 5.11 Å². The normalized spacial score (nSPS) is 34.5. The molecule has 2 atom stereocenters. The summed E-state index contributed by atoms with van der Waals surface area (Å²) in [5.41, 5.74) is 0. The second kappa shape index (κ2) is 4.47. The van der Waals surface area contributed by atoms with E-state index in [1.54, 1.807) is 0 Å². The predicted molar refractivity (Wildman–Crippen MR) is 54.5 cm³/mol.